The number of halogens is 4. The lowest BCUT2D eigenvalue weighted by atomic mass is 10.0. The molecule has 0 spiro atoms. The Labute approximate surface area is 103 Å². The number of cyclic esters (lactones) is 1. The van der Waals surface area contributed by atoms with Crippen LogP contribution in [0.25, 0.3) is 0 Å². The van der Waals surface area contributed by atoms with Crippen LogP contribution in [-0.4, -0.2) is 19.3 Å². The maximum Gasteiger partial charge on any atom is 0.460 e. The minimum Gasteiger partial charge on any atom is -0.415 e. The van der Waals surface area contributed by atoms with Gasteiger partial charge in [0.15, 0.2) is 0 Å². The fourth-order valence-electron chi connectivity index (χ4n) is 1.69. The molecular weight excluding hydrogens is 305 g/mol. The Bertz CT molecular complexity index is 486. The third-order valence-electron chi connectivity index (χ3n) is 2.45. The summed E-state index contributed by atoms with van der Waals surface area (Å²) < 4.78 is 48.2. The molecule has 0 aliphatic carbocycles. The number of rotatable bonds is 1. The lowest BCUT2D eigenvalue weighted by molar-refractivity contribution is -0.359. The van der Waals surface area contributed by atoms with Crippen LogP contribution in [-0.2, 0) is 15.3 Å². The molecule has 1 unspecified atom stereocenters. The van der Waals surface area contributed by atoms with Crippen molar-refractivity contribution in [3.63, 3.8) is 0 Å². The summed E-state index contributed by atoms with van der Waals surface area (Å²) in [5, 5.41) is 0. The summed E-state index contributed by atoms with van der Waals surface area (Å²) in [7, 11) is 0.844. The van der Waals surface area contributed by atoms with E-state index in [2.05, 4.69) is 25.4 Å². The van der Waals surface area contributed by atoms with E-state index in [1.165, 1.54) is 12.1 Å². The molecule has 0 radical (unpaired) electrons. The van der Waals surface area contributed by atoms with Gasteiger partial charge in [0.1, 0.15) is 0 Å². The molecule has 92 valence electrons. The van der Waals surface area contributed by atoms with Gasteiger partial charge in [0.05, 0.1) is 5.56 Å². The number of alkyl halides is 3. The van der Waals surface area contributed by atoms with E-state index in [-0.39, 0.29) is 11.1 Å². The highest BCUT2D eigenvalue weighted by Gasteiger charge is 2.65. The molecule has 17 heavy (non-hydrogen) atoms. The molecule has 0 fully saturated rings. The van der Waals surface area contributed by atoms with Crippen LogP contribution >= 0.6 is 15.9 Å². The van der Waals surface area contributed by atoms with Crippen LogP contribution in [0, 0.1) is 0 Å². The molecule has 7 heteroatoms. The molecule has 0 saturated heterocycles. The number of hydrogen-bond acceptors (Lipinski definition) is 3. The zero-order chi connectivity index (χ0) is 12.8. The Morgan fingerprint density at radius 2 is 2.06 bits per heavy atom. The van der Waals surface area contributed by atoms with E-state index in [9.17, 15) is 18.0 Å². The second kappa shape index (κ2) is 3.71. The van der Waals surface area contributed by atoms with Crippen molar-refractivity contribution in [3.8, 4) is 0 Å². The van der Waals surface area contributed by atoms with Crippen LogP contribution in [0.4, 0.5) is 13.2 Å². The van der Waals surface area contributed by atoms with Crippen molar-refractivity contribution < 1.29 is 27.4 Å². The molecule has 0 amide bonds. The van der Waals surface area contributed by atoms with Gasteiger partial charge in [0.25, 0.3) is 0 Å². The lowest BCUT2D eigenvalue weighted by Crippen LogP contribution is -2.44. The summed E-state index contributed by atoms with van der Waals surface area (Å²) in [5.41, 5.74) is -0.487. The number of carbonyl (C=O) groups excluding carboxylic acids is 1. The Kier molecular flexibility index (Phi) is 2.70. The van der Waals surface area contributed by atoms with Crippen LogP contribution in [0.1, 0.15) is 15.9 Å². The van der Waals surface area contributed by atoms with E-state index in [0.717, 1.165) is 13.2 Å². The Morgan fingerprint density at radius 1 is 1.41 bits per heavy atom. The van der Waals surface area contributed by atoms with E-state index in [1.807, 2.05) is 0 Å². The third kappa shape index (κ3) is 1.64. The van der Waals surface area contributed by atoms with Crippen LogP contribution in [0.2, 0.25) is 0 Å². The van der Waals surface area contributed by atoms with Crippen molar-refractivity contribution in [1.82, 2.24) is 0 Å². The maximum absolute atomic E-state index is 13.0. The molecule has 2 rings (SSSR count). The molecule has 0 saturated carbocycles. The molecule has 3 nitrogen and oxygen atoms in total. The number of benzene rings is 1. The third-order valence-corrected chi connectivity index (χ3v) is 2.95. The van der Waals surface area contributed by atoms with Crippen molar-refractivity contribution in [2.75, 3.05) is 7.11 Å². The van der Waals surface area contributed by atoms with E-state index >= 15 is 0 Å². The summed E-state index contributed by atoms with van der Waals surface area (Å²) in [6.45, 7) is 0. The smallest absolute Gasteiger partial charge is 0.415 e. The van der Waals surface area contributed by atoms with Gasteiger partial charge in [-0.15, -0.1) is 0 Å². The molecule has 0 aromatic heterocycles. The van der Waals surface area contributed by atoms with Gasteiger partial charge < -0.3 is 9.47 Å². The average molecular weight is 311 g/mol. The van der Waals surface area contributed by atoms with E-state index in [0.29, 0.717) is 4.47 Å². The van der Waals surface area contributed by atoms with E-state index in [1.54, 1.807) is 0 Å². The summed E-state index contributed by atoms with van der Waals surface area (Å²) in [4.78, 5) is 11.4. The predicted molar refractivity (Wildman–Crippen MR) is 54.3 cm³/mol. The van der Waals surface area contributed by atoms with Gasteiger partial charge in [-0.3, -0.25) is 0 Å². The molecule has 1 aromatic carbocycles. The largest absolute Gasteiger partial charge is 0.460 e. The number of ether oxygens (including phenoxy) is 2. The first-order valence-corrected chi connectivity index (χ1v) is 5.26. The molecule has 1 aliphatic heterocycles. The summed E-state index contributed by atoms with van der Waals surface area (Å²) >= 11 is 3.04. The summed E-state index contributed by atoms with van der Waals surface area (Å²) in [5.74, 6) is -4.06. The SMILES string of the molecule is COC1(C(F)(F)F)OC(=O)c2ccc(Br)cc21. The molecule has 1 aromatic rings. The van der Waals surface area contributed by atoms with Gasteiger partial charge >= 0.3 is 17.9 Å². The first-order valence-electron chi connectivity index (χ1n) is 4.47. The van der Waals surface area contributed by atoms with Gasteiger partial charge in [-0.2, -0.15) is 13.2 Å². The fraction of sp³-hybridized carbons (Fsp3) is 0.300. The lowest BCUT2D eigenvalue weighted by Gasteiger charge is -2.28. The minimum absolute atomic E-state index is 0.146. The summed E-state index contributed by atoms with van der Waals surface area (Å²) in [6, 6.07) is 3.88. The first-order chi connectivity index (χ1) is 7.82. The molecule has 1 heterocycles. The normalized spacial score (nSPS) is 23.5. The van der Waals surface area contributed by atoms with Crippen molar-refractivity contribution in [3.05, 3.63) is 33.8 Å². The number of hydrogen-bond donors (Lipinski definition) is 0. The van der Waals surface area contributed by atoms with Crippen LogP contribution < -0.4 is 0 Å². The number of carbonyl (C=O) groups is 1. The highest BCUT2D eigenvalue weighted by molar-refractivity contribution is 9.10. The zero-order valence-corrected chi connectivity index (χ0v) is 10.1. The Hall–Kier alpha value is -1.08. The van der Waals surface area contributed by atoms with Gasteiger partial charge in [0, 0.05) is 17.1 Å². The quantitative estimate of drug-likeness (QED) is 0.748. The summed E-state index contributed by atoms with van der Waals surface area (Å²) in [6.07, 6.45) is -4.84. The van der Waals surface area contributed by atoms with Gasteiger partial charge in [-0.25, -0.2) is 4.79 Å². The van der Waals surface area contributed by atoms with Crippen LogP contribution in [0.3, 0.4) is 0 Å². The predicted octanol–water partition coefficient (Wildman–Crippen LogP) is 2.98. The van der Waals surface area contributed by atoms with Crippen molar-refractivity contribution in [2.45, 2.75) is 12.0 Å². The van der Waals surface area contributed by atoms with Crippen LogP contribution in [0.5, 0.6) is 0 Å². The molecule has 0 bridgehead atoms. The first kappa shape index (κ1) is 12.4. The number of methoxy groups -OCH3 is 1. The minimum atomic E-state index is -4.84. The van der Waals surface area contributed by atoms with Crippen molar-refractivity contribution >= 4 is 21.9 Å². The average Bonchev–Trinajstić information content (AvgIpc) is 2.51. The standard InChI is InChI=1S/C10H6BrF3O3/c1-16-9(10(12,13)14)7-4-5(11)2-3-6(7)8(15)17-9/h2-4H,1H3. The van der Waals surface area contributed by atoms with Gasteiger partial charge in [0.2, 0.25) is 0 Å². The highest BCUT2D eigenvalue weighted by atomic mass is 79.9. The maximum atomic E-state index is 13.0. The highest BCUT2D eigenvalue weighted by Crippen LogP contribution is 2.49. The van der Waals surface area contributed by atoms with Gasteiger partial charge in [-0.05, 0) is 18.2 Å². The van der Waals surface area contributed by atoms with Crippen molar-refractivity contribution in [2.24, 2.45) is 0 Å². The topological polar surface area (TPSA) is 35.5 Å². The van der Waals surface area contributed by atoms with Gasteiger partial charge in [-0.1, -0.05) is 15.9 Å². The Morgan fingerprint density at radius 3 is 2.59 bits per heavy atom. The molecule has 1 aliphatic rings. The molecule has 1 atom stereocenters. The Balaban J connectivity index is 2.69. The number of fused-ring (bicyclic) bond motifs is 1. The monoisotopic (exact) mass is 310 g/mol. The van der Waals surface area contributed by atoms with E-state index < -0.39 is 17.9 Å². The van der Waals surface area contributed by atoms with Crippen molar-refractivity contribution in [1.29, 1.82) is 0 Å². The van der Waals surface area contributed by atoms with Crippen LogP contribution in [0.15, 0.2) is 22.7 Å². The molecule has 0 N–H and O–H groups in total. The zero-order valence-electron chi connectivity index (χ0n) is 8.47. The number of esters is 1. The molecular formula is C10H6BrF3O3. The fourth-order valence-corrected chi connectivity index (χ4v) is 2.05. The second-order valence-electron chi connectivity index (χ2n) is 3.40. The second-order valence-corrected chi connectivity index (χ2v) is 4.31. The van der Waals surface area contributed by atoms with E-state index in [4.69, 9.17) is 0 Å².